The molecule has 0 saturated heterocycles. The van der Waals surface area contributed by atoms with E-state index in [9.17, 15) is 4.79 Å². The molecule has 0 radical (unpaired) electrons. The molecule has 7 nitrogen and oxygen atoms in total. The molecule has 7 heteroatoms. The Labute approximate surface area is 164 Å². The minimum absolute atomic E-state index is 0.0214. The highest BCUT2D eigenvalue weighted by Crippen LogP contribution is 2.19. The first-order chi connectivity index (χ1) is 13.3. The number of benzene rings is 1. The number of carbonyl (C=O) groups is 1. The lowest BCUT2D eigenvalue weighted by atomic mass is 10.1. The predicted molar refractivity (Wildman–Crippen MR) is 105 cm³/mol. The molecule has 0 atom stereocenters. The third-order valence-electron chi connectivity index (χ3n) is 4.52. The average Bonchev–Trinajstić information content (AvgIpc) is 3.21. The number of hydrogen-bond donors (Lipinski definition) is 0. The Morgan fingerprint density at radius 1 is 1.18 bits per heavy atom. The zero-order valence-electron chi connectivity index (χ0n) is 17.0. The van der Waals surface area contributed by atoms with Crippen molar-refractivity contribution in [2.24, 2.45) is 5.92 Å². The number of rotatable bonds is 7. The van der Waals surface area contributed by atoms with Crippen molar-refractivity contribution in [3.8, 4) is 11.5 Å². The highest BCUT2D eigenvalue weighted by molar-refractivity contribution is 5.73. The van der Waals surface area contributed by atoms with Crippen LogP contribution in [0.5, 0.6) is 0 Å². The van der Waals surface area contributed by atoms with Crippen LogP contribution in [0.15, 0.2) is 28.8 Å². The van der Waals surface area contributed by atoms with Gasteiger partial charge in [-0.25, -0.2) is 0 Å². The van der Waals surface area contributed by atoms with Crippen LogP contribution in [-0.4, -0.2) is 25.9 Å². The smallest absolute Gasteiger partial charge is 0.310 e. The first-order valence-electron chi connectivity index (χ1n) is 9.41. The molecular weight excluding hydrogens is 356 g/mol. The fourth-order valence-corrected chi connectivity index (χ4v) is 2.98. The number of nitrogens with zero attached hydrogens (tertiary/aromatic N) is 4. The van der Waals surface area contributed by atoms with Gasteiger partial charge in [0.2, 0.25) is 5.82 Å². The van der Waals surface area contributed by atoms with Crippen LogP contribution in [0.25, 0.3) is 11.5 Å². The van der Waals surface area contributed by atoms with Crippen LogP contribution >= 0.6 is 0 Å². The summed E-state index contributed by atoms with van der Waals surface area (Å²) in [7, 11) is 0. The highest BCUT2D eigenvalue weighted by atomic mass is 16.5. The lowest BCUT2D eigenvalue weighted by molar-refractivity contribution is -0.144. The largest absolute Gasteiger partial charge is 0.457 e. The van der Waals surface area contributed by atoms with E-state index in [1.165, 1.54) is 0 Å². The van der Waals surface area contributed by atoms with E-state index >= 15 is 0 Å². The maximum atomic E-state index is 12.3. The van der Waals surface area contributed by atoms with Crippen LogP contribution in [-0.2, 0) is 29.1 Å². The fourth-order valence-electron chi connectivity index (χ4n) is 2.98. The summed E-state index contributed by atoms with van der Waals surface area (Å²) < 4.78 is 12.5. The monoisotopic (exact) mass is 382 g/mol. The summed E-state index contributed by atoms with van der Waals surface area (Å²) in [5.41, 5.74) is 4.76. The number of ether oxygens (including phenoxy) is 1. The van der Waals surface area contributed by atoms with Gasteiger partial charge in [0.05, 0.1) is 12.1 Å². The molecule has 28 heavy (non-hydrogen) atoms. The molecule has 148 valence electrons. The van der Waals surface area contributed by atoms with Crippen molar-refractivity contribution in [2.75, 3.05) is 0 Å². The van der Waals surface area contributed by atoms with E-state index < -0.39 is 0 Å². The van der Waals surface area contributed by atoms with Crippen molar-refractivity contribution in [3.63, 3.8) is 0 Å². The second kappa shape index (κ2) is 8.37. The first kappa shape index (κ1) is 19.8. The Hall–Kier alpha value is -2.96. The number of aryl methyl sites for hydroxylation is 2. The van der Waals surface area contributed by atoms with Gasteiger partial charge in [0.25, 0.3) is 5.89 Å². The number of aromatic nitrogens is 4. The van der Waals surface area contributed by atoms with Crippen molar-refractivity contribution in [1.82, 2.24) is 19.9 Å². The van der Waals surface area contributed by atoms with E-state index in [0.717, 1.165) is 34.6 Å². The van der Waals surface area contributed by atoms with Crippen molar-refractivity contribution in [3.05, 3.63) is 52.6 Å². The van der Waals surface area contributed by atoms with Gasteiger partial charge >= 0.3 is 5.97 Å². The van der Waals surface area contributed by atoms with Gasteiger partial charge in [-0.1, -0.05) is 36.7 Å². The molecule has 0 N–H and O–H groups in total. The van der Waals surface area contributed by atoms with Gasteiger partial charge in [-0.15, -0.1) is 0 Å². The summed E-state index contributed by atoms with van der Waals surface area (Å²) in [6.45, 7) is 11.0. The molecule has 3 rings (SSSR count). The Morgan fingerprint density at radius 2 is 1.89 bits per heavy atom. The van der Waals surface area contributed by atoms with Crippen LogP contribution in [0.3, 0.4) is 0 Å². The van der Waals surface area contributed by atoms with Crippen LogP contribution < -0.4 is 0 Å². The van der Waals surface area contributed by atoms with Crippen molar-refractivity contribution in [2.45, 2.75) is 54.2 Å². The predicted octanol–water partition coefficient (Wildman–Crippen LogP) is 3.80. The molecule has 0 amide bonds. The Bertz CT molecular complexity index is 955. The van der Waals surface area contributed by atoms with Gasteiger partial charge in [-0.05, 0) is 38.8 Å². The number of esters is 1. The second-order valence-corrected chi connectivity index (χ2v) is 7.44. The molecule has 0 saturated carbocycles. The molecule has 0 aliphatic carbocycles. The molecule has 0 aliphatic rings. The van der Waals surface area contributed by atoms with Crippen LogP contribution in [0.4, 0.5) is 0 Å². The van der Waals surface area contributed by atoms with Gasteiger partial charge in [0, 0.05) is 23.4 Å². The molecule has 0 aliphatic heterocycles. The SMILES string of the molecule is Cc1ccc(-c2nc(COC(=O)Cc3c(C)nn(CC(C)C)c3C)no2)cc1. The van der Waals surface area contributed by atoms with Crippen LogP contribution in [0.2, 0.25) is 0 Å². The summed E-state index contributed by atoms with van der Waals surface area (Å²) in [6.07, 6.45) is 0.179. The van der Waals surface area contributed by atoms with Crippen LogP contribution in [0, 0.1) is 26.7 Å². The topological polar surface area (TPSA) is 83.0 Å². The van der Waals surface area contributed by atoms with Gasteiger partial charge in [0.15, 0.2) is 6.61 Å². The summed E-state index contributed by atoms with van der Waals surface area (Å²) >= 11 is 0. The normalized spacial score (nSPS) is 11.2. The van der Waals surface area contributed by atoms with E-state index in [1.807, 2.05) is 49.7 Å². The van der Waals surface area contributed by atoms with Crippen LogP contribution in [0.1, 0.15) is 42.2 Å². The summed E-state index contributed by atoms with van der Waals surface area (Å²) in [6, 6.07) is 7.78. The molecule has 1 aromatic carbocycles. The van der Waals surface area contributed by atoms with Crippen molar-refractivity contribution in [1.29, 1.82) is 0 Å². The summed E-state index contributed by atoms with van der Waals surface area (Å²) in [5.74, 6) is 0.899. The van der Waals surface area contributed by atoms with Crippen molar-refractivity contribution < 1.29 is 14.1 Å². The summed E-state index contributed by atoms with van der Waals surface area (Å²) in [4.78, 5) is 16.6. The highest BCUT2D eigenvalue weighted by Gasteiger charge is 2.17. The maximum Gasteiger partial charge on any atom is 0.310 e. The Morgan fingerprint density at radius 3 is 2.57 bits per heavy atom. The quantitative estimate of drug-likeness (QED) is 0.578. The van der Waals surface area contributed by atoms with Gasteiger partial charge in [0.1, 0.15) is 0 Å². The minimum atomic E-state index is -0.336. The molecule has 0 spiro atoms. The zero-order chi connectivity index (χ0) is 20.3. The zero-order valence-corrected chi connectivity index (χ0v) is 17.0. The Balaban J connectivity index is 1.59. The fraction of sp³-hybridized carbons (Fsp3) is 0.429. The molecule has 2 heterocycles. The van der Waals surface area contributed by atoms with Gasteiger partial charge in [-0.3, -0.25) is 9.48 Å². The average molecular weight is 382 g/mol. The van der Waals surface area contributed by atoms with E-state index in [1.54, 1.807) is 0 Å². The standard InChI is InChI=1S/C21H26N4O3/c1-13(2)11-25-16(5)18(15(4)23-25)10-20(26)27-12-19-22-21(28-24-19)17-8-6-14(3)7-9-17/h6-9,13H,10-12H2,1-5H3. The lowest BCUT2D eigenvalue weighted by Crippen LogP contribution is -2.11. The molecule has 0 fully saturated rings. The second-order valence-electron chi connectivity index (χ2n) is 7.44. The van der Waals surface area contributed by atoms with Gasteiger partial charge < -0.3 is 9.26 Å². The third-order valence-corrected chi connectivity index (χ3v) is 4.52. The van der Waals surface area contributed by atoms with Gasteiger partial charge in [-0.2, -0.15) is 10.1 Å². The number of carbonyl (C=O) groups excluding carboxylic acids is 1. The Kier molecular flexibility index (Phi) is 5.92. The molecular formula is C21H26N4O3. The lowest BCUT2D eigenvalue weighted by Gasteiger charge is -2.08. The number of hydrogen-bond acceptors (Lipinski definition) is 6. The van der Waals surface area contributed by atoms with E-state index in [4.69, 9.17) is 9.26 Å². The van der Waals surface area contributed by atoms with Crippen molar-refractivity contribution >= 4 is 5.97 Å². The molecule has 0 unspecified atom stereocenters. The first-order valence-corrected chi connectivity index (χ1v) is 9.41. The van der Waals surface area contributed by atoms with E-state index in [0.29, 0.717) is 17.6 Å². The molecule has 0 bridgehead atoms. The molecule has 3 aromatic rings. The summed E-state index contributed by atoms with van der Waals surface area (Å²) in [5, 5.41) is 8.42. The van der Waals surface area contributed by atoms with E-state index in [-0.39, 0.29) is 19.0 Å². The maximum absolute atomic E-state index is 12.3. The third kappa shape index (κ3) is 4.65. The van der Waals surface area contributed by atoms with E-state index in [2.05, 4.69) is 29.1 Å². The minimum Gasteiger partial charge on any atom is -0.457 e. The molecule has 2 aromatic heterocycles.